The zero-order valence-corrected chi connectivity index (χ0v) is 16.7. The van der Waals surface area contributed by atoms with Crippen LogP contribution in [0, 0.1) is 0 Å². The van der Waals surface area contributed by atoms with Crippen LogP contribution >= 0.6 is 15.9 Å². The molecule has 2 aromatic rings. The van der Waals surface area contributed by atoms with Crippen LogP contribution in [0.15, 0.2) is 53.1 Å². The van der Waals surface area contributed by atoms with Gasteiger partial charge in [0.1, 0.15) is 5.75 Å². The Labute approximate surface area is 177 Å². The number of alkyl halides is 3. The van der Waals surface area contributed by atoms with Gasteiger partial charge < -0.3 is 10.5 Å². The molecule has 0 amide bonds. The van der Waals surface area contributed by atoms with Gasteiger partial charge in [0.15, 0.2) is 12.1 Å². The van der Waals surface area contributed by atoms with E-state index in [9.17, 15) is 27.6 Å². The number of hydrogen-bond donors (Lipinski definition) is 2. The van der Waals surface area contributed by atoms with Crippen LogP contribution in [-0.4, -0.2) is 24.2 Å². The number of ether oxygens (including phenoxy) is 1. The van der Waals surface area contributed by atoms with E-state index in [-0.39, 0.29) is 23.2 Å². The molecule has 2 rings (SSSR count). The maximum atomic E-state index is 12.4. The smallest absolute Gasteiger partial charge is 0.406 e. The Kier molecular flexibility index (Phi) is 7.35. The molecule has 0 fully saturated rings. The molecular weight excluding hydrogens is 471 g/mol. The summed E-state index contributed by atoms with van der Waals surface area (Å²) in [6, 6.07) is 9.21. The number of halogens is 4. The second-order valence-electron chi connectivity index (χ2n) is 5.84. The minimum atomic E-state index is -4.83. The SMILES string of the molecule is N/C=C(/c1ccc(OC(F)(F)F)cc1)N(N)c1cc(Br)ccc1C(=O)CC(=O)C=O. The van der Waals surface area contributed by atoms with Gasteiger partial charge >= 0.3 is 6.36 Å². The lowest BCUT2D eigenvalue weighted by atomic mass is 10.0. The van der Waals surface area contributed by atoms with Crippen LogP contribution in [0.1, 0.15) is 22.3 Å². The Hall–Kier alpha value is -3.18. The van der Waals surface area contributed by atoms with Crippen molar-refractivity contribution in [1.29, 1.82) is 0 Å². The molecule has 0 saturated heterocycles. The molecular formula is C19H15BrF3N3O4. The Balaban J connectivity index is 2.39. The van der Waals surface area contributed by atoms with Gasteiger partial charge in [-0.05, 0) is 42.5 Å². The molecule has 0 radical (unpaired) electrons. The molecule has 0 aliphatic heterocycles. The molecule has 0 bridgehead atoms. The first-order valence-corrected chi connectivity index (χ1v) is 8.98. The number of hydrogen-bond acceptors (Lipinski definition) is 7. The number of ketones is 2. The van der Waals surface area contributed by atoms with Gasteiger partial charge in [-0.2, -0.15) is 0 Å². The number of Topliss-reactive ketones (excluding diaryl/α,β-unsaturated/α-hetero) is 2. The van der Waals surface area contributed by atoms with Gasteiger partial charge in [0.05, 0.1) is 17.8 Å². The van der Waals surface area contributed by atoms with E-state index in [1.807, 2.05) is 0 Å². The Morgan fingerprint density at radius 3 is 2.30 bits per heavy atom. The third kappa shape index (κ3) is 5.91. The van der Waals surface area contributed by atoms with Gasteiger partial charge in [0.25, 0.3) is 0 Å². The van der Waals surface area contributed by atoms with Crippen molar-refractivity contribution in [3.05, 3.63) is 64.3 Å². The number of hydrazine groups is 1. The summed E-state index contributed by atoms with van der Waals surface area (Å²) in [6.07, 6.45) is -4.33. The number of benzene rings is 2. The Morgan fingerprint density at radius 1 is 1.13 bits per heavy atom. The fourth-order valence-corrected chi connectivity index (χ4v) is 2.86. The van der Waals surface area contributed by atoms with Gasteiger partial charge in [-0.3, -0.25) is 19.4 Å². The zero-order chi connectivity index (χ0) is 22.5. The summed E-state index contributed by atoms with van der Waals surface area (Å²) >= 11 is 3.25. The lowest BCUT2D eigenvalue weighted by molar-refractivity contribution is -0.274. The van der Waals surface area contributed by atoms with Crippen molar-refractivity contribution in [2.45, 2.75) is 12.8 Å². The molecule has 4 N–H and O–H groups in total. The number of rotatable bonds is 8. The van der Waals surface area contributed by atoms with Crippen molar-refractivity contribution in [1.82, 2.24) is 0 Å². The second kappa shape index (κ2) is 9.55. The molecule has 158 valence electrons. The quantitative estimate of drug-likeness (QED) is 0.147. The number of aldehydes is 1. The van der Waals surface area contributed by atoms with Crippen molar-refractivity contribution >= 4 is 45.2 Å². The summed E-state index contributed by atoms with van der Waals surface area (Å²) in [6.45, 7) is 0. The van der Waals surface area contributed by atoms with Crippen LogP contribution in [-0.2, 0) is 9.59 Å². The van der Waals surface area contributed by atoms with Crippen molar-refractivity contribution < 1.29 is 32.3 Å². The molecule has 0 atom stereocenters. The molecule has 0 unspecified atom stereocenters. The highest BCUT2D eigenvalue weighted by atomic mass is 79.9. The monoisotopic (exact) mass is 485 g/mol. The van der Waals surface area contributed by atoms with Gasteiger partial charge in [-0.1, -0.05) is 15.9 Å². The summed E-state index contributed by atoms with van der Waals surface area (Å²) in [5, 5.41) is 1.04. The second-order valence-corrected chi connectivity index (χ2v) is 6.76. The standard InChI is InChI=1S/C19H15BrF3N3O4/c20-12-3-6-15(18(29)8-13(28)10-27)16(7-12)26(25)17(9-24)11-1-4-14(5-2-11)30-19(21,22)23/h1-7,9-10H,8,24-25H2/b17-9-. The highest BCUT2D eigenvalue weighted by molar-refractivity contribution is 9.10. The molecule has 0 spiro atoms. The first-order chi connectivity index (χ1) is 14.1. The van der Waals surface area contributed by atoms with E-state index in [0.29, 0.717) is 10.0 Å². The van der Waals surface area contributed by atoms with E-state index in [1.54, 1.807) is 6.07 Å². The number of anilines is 1. The van der Waals surface area contributed by atoms with Crippen molar-refractivity contribution in [3.63, 3.8) is 0 Å². The molecule has 0 aromatic heterocycles. The maximum absolute atomic E-state index is 12.4. The first kappa shape index (κ1) is 23.1. The molecule has 2 aromatic carbocycles. The summed E-state index contributed by atoms with van der Waals surface area (Å²) in [4.78, 5) is 34.3. The normalized spacial score (nSPS) is 11.7. The lowest BCUT2D eigenvalue weighted by Crippen LogP contribution is -2.31. The number of nitrogens with zero attached hydrogens (tertiary/aromatic N) is 1. The number of nitrogens with two attached hydrogens (primary N) is 2. The number of carbonyl (C=O) groups is 3. The Morgan fingerprint density at radius 2 is 1.77 bits per heavy atom. The van der Waals surface area contributed by atoms with Gasteiger partial charge in [-0.25, -0.2) is 5.84 Å². The fourth-order valence-electron chi connectivity index (χ4n) is 2.51. The number of carbonyl (C=O) groups excluding carboxylic acids is 3. The average molecular weight is 486 g/mol. The lowest BCUT2D eigenvalue weighted by Gasteiger charge is -2.24. The molecule has 11 heteroatoms. The molecule has 7 nitrogen and oxygen atoms in total. The molecule has 0 heterocycles. The van der Waals surface area contributed by atoms with E-state index in [0.717, 1.165) is 23.3 Å². The van der Waals surface area contributed by atoms with Gasteiger partial charge in [0, 0.05) is 21.8 Å². The van der Waals surface area contributed by atoms with Gasteiger partial charge in [-0.15, -0.1) is 13.2 Å². The van der Waals surface area contributed by atoms with E-state index in [4.69, 9.17) is 11.6 Å². The van der Waals surface area contributed by atoms with E-state index >= 15 is 0 Å². The van der Waals surface area contributed by atoms with Crippen LogP contribution in [0.25, 0.3) is 5.70 Å². The van der Waals surface area contributed by atoms with Gasteiger partial charge in [0.2, 0.25) is 5.78 Å². The largest absolute Gasteiger partial charge is 0.573 e. The minimum Gasteiger partial charge on any atom is -0.406 e. The first-order valence-electron chi connectivity index (χ1n) is 8.19. The van der Waals surface area contributed by atoms with Crippen LogP contribution in [0.2, 0.25) is 0 Å². The topological polar surface area (TPSA) is 116 Å². The summed E-state index contributed by atoms with van der Waals surface area (Å²) in [5.74, 6) is 4.17. The third-order valence-corrected chi connectivity index (χ3v) is 4.28. The van der Waals surface area contributed by atoms with Crippen LogP contribution in [0.5, 0.6) is 5.75 Å². The van der Waals surface area contributed by atoms with E-state index in [1.165, 1.54) is 24.3 Å². The van der Waals surface area contributed by atoms with Crippen LogP contribution in [0.3, 0.4) is 0 Å². The zero-order valence-electron chi connectivity index (χ0n) is 15.2. The average Bonchev–Trinajstić information content (AvgIpc) is 2.68. The summed E-state index contributed by atoms with van der Waals surface area (Å²) in [7, 11) is 0. The molecule has 0 aliphatic carbocycles. The van der Waals surface area contributed by atoms with E-state index < -0.39 is 30.1 Å². The third-order valence-electron chi connectivity index (χ3n) is 3.79. The Bertz CT molecular complexity index is 992. The maximum Gasteiger partial charge on any atom is 0.573 e. The van der Waals surface area contributed by atoms with Crippen LogP contribution in [0.4, 0.5) is 18.9 Å². The summed E-state index contributed by atoms with van der Waals surface area (Å²) in [5.41, 5.74) is 6.34. The predicted molar refractivity (Wildman–Crippen MR) is 106 cm³/mol. The van der Waals surface area contributed by atoms with Crippen LogP contribution < -0.4 is 21.3 Å². The fraction of sp³-hybridized carbons (Fsp3) is 0.105. The van der Waals surface area contributed by atoms with Crippen molar-refractivity contribution in [2.24, 2.45) is 11.6 Å². The highest BCUT2D eigenvalue weighted by Gasteiger charge is 2.31. The predicted octanol–water partition coefficient (Wildman–Crippen LogP) is 3.33. The summed E-state index contributed by atoms with van der Waals surface area (Å²) < 4.78 is 41.4. The molecule has 30 heavy (non-hydrogen) atoms. The minimum absolute atomic E-state index is 0.0480. The highest BCUT2D eigenvalue weighted by Crippen LogP contribution is 2.31. The van der Waals surface area contributed by atoms with Crippen molar-refractivity contribution in [2.75, 3.05) is 5.01 Å². The van der Waals surface area contributed by atoms with Crippen molar-refractivity contribution in [3.8, 4) is 5.75 Å². The molecule has 0 aliphatic rings. The molecule has 0 saturated carbocycles. The van der Waals surface area contributed by atoms with E-state index in [2.05, 4.69) is 20.7 Å².